The first kappa shape index (κ1) is 13.0. The van der Waals surface area contributed by atoms with Gasteiger partial charge in [0.05, 0.1) is 0 Å². The standard InChI is InChI=1S/C13H15NO3S/c1-18-7-6-12(15)14-8-10(13(16)17)9-4-2-3-5-11(9)14/h2-5,10H,6-8H2,1H3,(H,16,17)/t10-/m0/s1. The quantitative estimate of drug-likeness (QED) is 0.904. The van der Waals surface area contributed by atoms with Gasteiger partial charge in [0.15, 0.2) is 0 Å². The van der Waals surface area contributed by atoms with Crippen LogP contribution in [0.2, 0.25) is 0 Å². The highest BCUT2D eigenvalue weighted by molar-refractivity contribution is 7.98. The van der Waals surface area contributed by atoms with Crippen LogP contribution in [0.25, 0.3) is 0 Å². The molecular weight excluding hydrogens is 250 g/mol. The molecule has 0 unspecified atom stereocenters. The van der Waals surface area contributed by atoms with Crippen molar-refractivity contribution in [3.63, 3.8) is 0 Å². The lowest BCUT2D eigenvalue weighted by Crippen LogP contribution is -2.31. The predicted molar refractivity (Wildman–Crippen MR) is 72.2 cm³/mol. The Bertz CT molecular complexity index is 475. The Hall–Kier alpha value is -1.49. The van der Waals surface area contributed by atoms with Crippen LogP contribution in [-0.2, 0) is 9.59 Å². The van der Waals surface area contributed by atoms with Crippen LogP contribution in [0.3, 0.4) is 0 Å². The number of carboxylic acids is 1. The molecule has 5 heteroatoms. The second kappa shape index (κ2) is 5.44. The lowest BCUT2D eigenvalue weighted by Gasteiger charge is -2.17. The monoisotopic (exact) mass is 265 g/mol. The lowest BCUT2D eigenvalue weighted by atomic mass is 10.0. The summed E-state index contributed by atoms with van der Waals surface area (Å²) < 4.78 is 0. The van der Waals surface area contributed by atoms with E-state index in [1.54, 1.807) is 22.7 Å². The molecule has 0 radical (unpaired) electrons. The molecule has 0 bridgehead atoms. The number of nitrogens with zero attached hydrogens (tertiary/aromatic N) is 1. The lowest BCUT2D eigenvalue weighted by molar-refractivity contribution is -0.138. The molecule has 1 aliphatic heterocycles. The van der Waals surface area contributed by atoms with Gasteiger partial charge in [0, 0.05) is 24.4 Å². The number of fused-ring (bicyclic) bond motifs is 1. The predicted octanol–water partition coefficient (Wildman–Crippen LogP) is 1.95. The van der Waals surface area contributed by atoms with Gasteiger partial charge >= 0.3 is 5.97 Å². The largest absolute Gasteiger partial charge is 0.481 e. The van der Waals surface area contributed by atoms with Crippen LogP contribution in [-0.4, -0.2) is 35.5 Å². The van der Waals surface area contributed by atoms with E-state index >= 15 is 0 Å². The number of rotatable bonds is 4. The van der Waals surface area contributed by atoms with E-state index in [9.17, 15) is 14.7 Å². The molecular formula is C13H15NO3S. The Morgan fingerprint density at radius 1 is 1.44 bits per heavy atom. The van der Waals surface area contributed by atoms with Crippen molar-refractivity contribution >= 4 is 29.3 Å². The molecule has 1 amide bonds. The number of thioether (sulfide) groups is 1. The maximum absolute atomic E-state index is 12.1. The number of carbonyl (C=O) groups excluding carboxylic acids is 1. The molecule has 2 rings (SSSR count). The summed E-state index contributed by atoms with van der Waals surface area (Å²) in [6.45, 7) is 0.252. The van der Waals surface area contributed by atoms with Crippen molar-refractivity contribution in [2.75, 3.05) is 23.5 Å². The summed E-state index contributed by atoms with van der Waals surface area (Å²) in [7, 11) is 0. The fraction of sp³-hybridized carbons (Fsp3) is 0.385. The summed E-state index contributed by atoms with van der Waals surface area (Å²) in [5.41, 5.74) is 1.48. The number of benzene rings is 1. The average Bonchev–Trinajstić information content (AvgIpc) is 2.75. The summed E-state index contributed by atoms with van der Waals surface area (Å²) in [6, 6.07) is 7.24. The van der Waals surface area contributed by atoms with Crippen LogP contribution in [0, 0.1) is 0 Å². The first-order chi connectivity index (χ1) is 8.65. The fourth-order valence-corrected chi connectivity index (χ4v) is 2.56. The third-order valence-corrected chi connectivity index (χ3v) is 3.70. The minimum Gasteiger partial charge on any atom is -0.481 e. The normalized spacial score (nSPS) is 17.6. The van der Waals surface area contributed by atoms with Gasteiger partial charge in [-0.25, -0.2) is 0 Å². The zero-order valence-electron chi connectivity index (χ0n) is 10.1. The van der Waals surface area contributed by atoms with E-state index in [0.717, 1.165) is 17.0 Å². The number of aliphatic carboxylic acids is 1. The highest BCUT2D eigenvalue weighted by Gasteiger charge is 2.35. The molecule has 0 saturated carbocycles. The molecule has 1 aromatic rings. The highest BCUT2D eigenvalue weighted by atomic mass is 32.2. The van der Waals surface area contributed by atoms with Crippen LogP contribution in [0.5, 0.6) is 0 Å². The zero-order valence-corrected chi connectivity index (χ0v) is 10.9. The molecule has 1 aromatic carbocycles. The van der Waals surface area contributed by atoms with Crippen LogP contribution in [0.1, 0.15) is 17.9 Å². The number of hydrogen-bond acceptors (Lipinski definition) is 3. The topological polar surface area (TPSA) is 57.6 Å². The number of carboxylic acid groups (broad SMARTS) is 1. The van der Waals surface area contributed by atoms with Gasteiger partial charge in [-0.05, 0) is 17.9 Å². The molecule has 18 heavy (non-hydrogen) atoms. The molecule has 1 aliphatic rings. The average molecular weight is 265 g/mol. The van der Waals surface area contributed by atoms with E-state index < -0.39 is 11.9 Å². The number of anilines is 1. The maximum atomic E-state index is 12.1. The summed E-state index contributed by atoms with van der Waals surface area (Å²) in [6.07, 6.45) is 2.40. The van der Waals surface area contributed by atoms with Gasteiger partial charge in [0.2, 0.25) is 5.91 Å². The van der Waals surface area contributed by atoms with Crippen molar-refractivity contribution in [1.82, 2.24) is 0 Å². The van der Waals surface area contributed by atoms with Crippen LogP contribution in [0.15, 0.2) is 24.3 Å². The van der Waals surface area contributed by atoms with Gasteiger partial charge in [0.25, 0.3) is 0 Å². The zero-order chi connectivity index (χ0) is 13.1. The van der Waals surface area contributed by atoms with Gasteiger partial charge in [0.1, 0.15) is 5.92 Å². The molecule has 1 atom stereocenters. The van der Waals surface area contributed by atoms with E-state index in [1.165, 1.54) is 0 Å². The van der Waals surface area contributed by atoms with Crippen LogP contribution in [0.4, 0.5) is 5.69 Å². The Kier molecular flexibility index (Phi) is 3.91. The highest BCUT2D eigenvalue weighted by Crippen LogP contribution is 2.36. The third kappa shape index (κ3) is 2.36. The van der Waals surface area contributed by atoms with Crippen LogP contribution < -0.4 is 4.90 Å². The maximum Gasteiger partial charge on any atom is 0.312 e. The SMILES string of the molecule is CSCCC(=O)N1C[C@H](C(=O)O)c2ccccc21. The molecule has 0 aromatic heterocycles. The minimum absolute atomic E-state index is 0.000509. The molecule has 1 N–H and O–H groups in total. The van der Waals surface area contributed by atoms with E-state index in [0.29, 0.717) is 6.42 Å². The number of carbonyl (C=O) groups is 2. The van der Waals surface area contributed by atoms with E-state index in [4.69, 9.17) is 0 Å². The summed E-state index contributed by atoms with van der Waals surface area (Å²) >= 11 is 1.61. The molecule has 96 valence electrons. The molecule has 1 heterocycles. The van der Waals surface area contributed by atoms with Gasteiger partial charge in [-0.1, -0.05) is 18.2 Å². The second-order valence-electron chi connectivity index (χ2n) is 4.20. The smallest absolute Gasteiger partial charge is 0.312 e. The van der Waals surface area contributed by atoms with Crippen molar-refractivity contribution in [1.29, 1.82) is 0 Å². The van der Waals surface area contributed by atoms with Gasteiger partial charge in [-0.15, -0.1) is 0 Å². The Morgan fingerprint density at radius 2 is 2.17 bits per heavy atom. The third-order valence-electron chi connectivity index (χ3n) is 3.09. The Morgan fingerprint density at radius 3 is 2.83 bits per heavy atom. The van der Waals surface area contributed by atoms with Crippen molar-refractivity contribution in [2.45, 2.75) is 12.3 Å². The van der Waals surface area contributed by atoms with Crippen molar-refractivity contribution in [2.24, 2.45) is 0 Å². The minimum atomic E-state index is -0.873. The van der Waals surface area contributed by atoms with Gasteiger partial charge in [-0.3, -0.25) is 9.59 Å². The van der Waals surface area contributed by atoms with E-state index in [2.05, 4.69) is 0 Å². The molecule has 0 spiro atoms. The Balaban J connectivity index is 2.25. The summed E-state index contributed by atoms with van der Waals surface area (Å²) in [4.78, 5) is 24.9. The van der Waals surface area contributed by atoms with E-state index in [1.807, 2.05) is 24.5 Å². The van der Waals surface area contributed by atoms with E-state index in [-0.39, 0.29) is 12.5 Å². The fourth-order valence-electron chi connectivity index (χ4n) is 2.18. The first-order valence-corrected chi connectivity index (χ1v) is 7.15. The van der Waals surface area contributed by atoms with Gasteiger partial charge < -0.3 is 10.0 Å². The Labute approximate surface area is 110 Å². The number of para-hydroxylation sites is 1. The van der Waals surface area contributed by atoms with Crippen LogP contribution >= 0.6 is 11.8 Å². The van der Waals surface area contributed by atoms with Crippen molar-refractivity contribution in [3.8, 4) is 0 Å². The summed E-state index contributed by atoms with van der Waals surface area (Å²) in [5, 5.41) is 9.19. The van der Waals surface area contributed by atoms with Crippen molar-refractivity contribution in [3.05, 3.63) is 29.8 Å². The second-order valence-corrected chi connectivity index (χ2v) is 5.18. The molecule has 0 saturated heterocycles. The molecule has 0 fully saturated rings. The summed E-state index contributed by atoms with van der Waals surface area (Å²) in [5.74, 6) is -0.711. The number of amides is 1. The van der Waals surface area contributed by atoms with Gasteiger partial charge in [-0.2, -0.15) is 11.8 Å². The molecule has 0 aliphatic carbocycles. The first-order valence-electron chi connectivity index (χ1n) is 5.76. The van der Waals surface area contributed by atoms with Crippen molar-refractivity contribution < 1.29 is 14.7 Å². The number of hydrogen-bond donors (Lipinski definition) is 1. The molecule has 4 nitrogen and oxygen atoms in total.